The molecule has 1 saturated heterocycles. The number of nitrogens with zero attached hydrogens (tertiary/aromatic N) is 1. The van der Waals surface area contributed by atoms with Crippen molar-refractivity contribution in [3.05, 3.63) is 41.1 Å². The highest BCUT2D eigenvalue weighted by Crippen LogP contribution is 2.37. The van der Waals surface area contributed by atoms with Gasteiger partial charge in [0.15, 0.2) is 11.5 Å². The van der Waals surface area contributed by atoms with Gasteiger partial charge in [-0.3, -0.25) is 9.69 Å². The number of carbonyl (C=O) groups is 2. The number of imide groups is 1. The third kappa shape index (κ3) is 4.11. The van der Waals surface area contributed by atoms with Crippen molar-refractivity contribution in [1.29, 1.82) is 0 Å². The smallest absolute Gasteiger partial charge is 0.329 e. The Morgan fingerprint density at radius 3 is 2.70 bits per heavy atom. The van der Waals surface area contributed by atoms with Crippen LogP contribution in [0.25, 0.3) is 6.08 Å². The van der Waals surface area contributed by atoms with Crippen molar-refractivity contribution in [3.8, 4) is 11.5 Å². The zero-order valence-electron chi connectivity index (χ0n) is 15.3. The van der Waals surface area contributed by atoms with Gasteiger partial charge in [0.25, 0.3) is 5.91 Å². The van der Waals surface area contributed by atoms with Gasteiger partial charge in [-0.2, -0.15) is 0 Å². The summed E-state index contributed by atoms with van der Waals surface area (Å²) in [5, 5.41) is 3.03. The summed E-state index contributed by atoms with van der Waals surface area (Å²) >= 11 is 6.30. The van der Waals surface area contributed by atoms with E-state index in [1.165, 1.54) is 12.0 Å². The first-order chi connectivity index (χ1) is 13.0. The van der Waals surface area contributed by atoms with Crippen LogP contribution in [-0.4, -0.2) is 36.6 Å². The van der Waals surface area contributed by atoms with Crippen molar-refractivity contribution in [2.75, 3.05) is 13.7 Å². The summed E-state index contributed by atoms with van der Waals surface area (Å²) in [6, 6.07) is 2.99. The van der Waals surface area contributed by atoms with Gasteiger partial charge in [-0.05, 0) is 36.6 Å². The van der Waals surface area contributed by atoms with Crippen LogP contribution < -0.4 is 14.8 Å². The molecule has 2 aliphatic rings. The third-order valence-corrected chi connectivity index (χ3v) is 5.04. The van der Waals surface area contributed by atoms with Crippen molar-refractivity contribution in [3.63, 3.8) is 0 Å². The average molecular weight is 391 g/mol. The molecule has 1 aromatic rings. The summed E-state index contributed by atoms with van der Waals surface area (Å²) in [5.41, 5.74) is 0.875. The van der Waals surface area contributed by atoms with Crippen LogP contribution in [0.2, 0.25) is 5.02 Å². The second-order valence-electron chi connectivity index (χ2n) is 6.59. The summed E-state index contributed by atoms with van der Waals surface area (Å²) in [6.45, 7) is 3.90. The van der Waals surface area contributed by atoms with Crippen LogP contribution >= 0.6 is 11.6 Å². The molecule has 1 saturated carbocycles. The fourth-order valence-corrected chi connectivity index (χ4v) is 3.77. The Morgan fingerprint density at radius 2 is 2.04 bits per heavy atom. The molecule has 0 atom stereocenters. The minimum Gasteiger partial charge on any atom is -0.493 e. The van der Waals surface area contributed by atoms with Crippen molar-refractivity contribution < 1.29 is 19.1 Å². The lowest BCUT2D eigenvalue weighted by Crippen LogP contribution is -2.41. The number of amides is 3. The van der Waals surface area contributed by atoms with Crippen molar-refractivity contribution in [2.24, 2.45) is 0 Å². The fraction of sp³-hybridized carbons (Fsp3) is 0.400. The maximum absolute atomic E-state index is 12.7. The topological polar surface area (TPSA) is 67.9 Å². The predicted octanol–water partition coefficient (Wildman–Crippen LogP) is 4.14. The van der Waals surface area contributed by atoms with E-state index in [-0.39, 0.29) is 23.7 Å². The van der Waals surface area contributed by atoms with E-state index in [0.29, 0.717) is 28.7 Å². The second-order valence-corrected chi connectivity index (χ2v) is 7.00. The number of ether oxygens (including phenoxy) is 2. The Balaban J connectivity index is 1.85. The molecule has 3 amide bonds. The Bertz CT molecular complexity index is 784. The molecule has 0 unspecified atom stereocenters. The Labute approximate surface area is 163 Å². The van der Waals surface area contributed by atoms with Crippen LogP contribution in [0.5, 0.6) is 11.5 Å². The molecule has 3 rings (SSSR count). The molecule has 1 aliphatic heterocycles. The number of hydrogen-bond acceptors (Lipinski definition) is 4. The van der Waals surface area contributed by atoms with E-state index < -0.39 is 0 Å². The Kier molecular flexibility index (Phi) is 6.06. The zero-order valence-corrected chi connectivity index (χ0v) is 16.1. The van der Waals surface area contributed by atoms with Gasteiger partial charge in [0, 0.05) is 6.04 Å². The largest absolute Gasteiger partial charge is 0.493 e. The summed E-state index contributed by atoms with van der Waals surface area (Å²) in [6.07, 6.45) is 8.18. The lowest BCUT2D eigenvalue weighted by molar-refractivity contribution is -0.124. The quantitative estimate of drug-likeness (QED) is 0.450. The van der Waals surface area contributed by atoms with Gasteiger partial charge in [-0.1, -0.05) is 43.5 Å². The first-order valence-electron chi connectivity index (χ1n) is 9.02. The highest BCUT2D eigenvalue weighted by molar-refractivity contribution is 6.32. The van der Waals surface area contributed by atoms with Gasteiger partial charge in [0.05, 0.1) is 12.1 Å². The lowest BCUT2D eigenvalue weighted by atomic mass is 9.94. The number of methoxy groups -OCH3 is 1. The van der Waals surface area contributed by atoms with Gasteiger partial charge < -0.3 is 14.8 Å². The van der Waals surface area contributed by atoms with Crippen LogP contribution in [0.15, 0.2) is 30.5 Å². The van der Waals surface area contributed by atoms with Crippen molar-refractivity contribution in [2.45, 2.75) is 38.1 Å². The third-order valence-electron chi connectivity index (χ3n) is 4.76. The molecule has 2 fully saturated rings. The van der Waals surface area contributed by atoms with E-state index in [1.807, 2.05) is 0 Å². The molecular formula is C20H23ClN2O4. The number of benzene rings is 1. The number of carbonyl (C=O) groups excluding carboxylic acids is 2. The maximum Gasteiger partial charge on any atom is 0.329 e. The average Bonchev–Trinajstić information content (AvgIpc) is 2.94. The molecule has 1 heterocycles. The van der Waals surface area contributed by atoms with Gasteiger partial charge in [-0.15, -0.1) is 0 Å². The predicted molar refractivity (Wildman–Crippen MR) is 104 cm³/mol. The SMILES string of the molecule is C=CCOc1c(Cl)cc(/C=C2\NC(=O)N(C3CCCCC3)C2=O)cc1OC. The second kappa shape index (κ2) is 8.48. The molecule has 0 aromatic heterocycles. The molecular weight excluding hydrogens is 368 g/mol. The normalized spacial score (nSPS) is 19.3. The number of urea groups is 1. The van der Waals surface area contributed by atoms with Gasteiger partial charge in [-0.25, -0.2) is 4.79 Å². The first-order valence-corrected chi connectivity index (χ1v) is 9.40. The van der Waals surface area contributed by atoms with Crippen LogP contribution in [0.4, 0.5) is 4.79 Å². The number of rotatable bonds is 6. The summed E-state index contributed by atoms with van der Waals surface area (Å²) in [4.78, 5) is 26.4. The Hall–Kier alpha value is -2.47. The minimum absolute atomic E-state index is 0.0232. The molecule has 7 heteroatoms. The van der Waals surface area contributed by atoms with E-state index >= 15 is 0 Å². The summed E-state index contributed by atoms with van der Waals surface area (Å²) < 4.78 is 10.9. The molecule has 0 bridgehead atoms. The molecule has 1 aliphatic carbocycles. The molecule has 0 radical (unpaired) electrons. The number of hydrogen-bond donors (Lipinski definition) is 1. The molecule has 1 N–H and O–H groups in total. The van der Waals surface area contributed by atoms with Crippen molar-refractivity contribution in [1.82, 2.24) is 10.2 Å². The standard InChI is InChI=1S/C20H23ClN2O4/c1-3-9-27-18-15(21)10-13(12-17(18)26-2)11-16-19(24)23(20(25)22-16)14-7-5-4-6-8-14/h3,10-12,14H,1,4-9H2,2H3,(H,22,25)/b16-11-. The molecule has 0 spiro atoms. The lowest BCUT2D eigenvalue weighted by Gasteiger charge is -2.28. The van der Waals surface area contributed by atoms with Crippen LogP contribution in [0, 0.1) is 0 Å². The van der Waals surface area contributed by atoms with Crippen LogP contribution in [-0.2, 0) is 4.79 Å². The fourth-order valence-electron chi connectivity index (χ4n) is 3.49. The number of halogens is 1. The molecule has 144 valence electrons. The van der Waals surface area contributed by atoms with E-state index in [4.69, 9.17) is 21.1 Å². The maximum atomic E-state index is 12.7. The number of nitrogens with one attached hydrogen (secondary N) is 1. The monoisotopic (exact) mass is 390 g/mol. The molecule has 27 heavy (non-hydrogen) atoms. The highest BCUT2D eigenvalue weighted by Gasteiger charge is 2.38. The van der Waals surface area contributed by atoms with Crippen molar-refractivity contribution >= 4 is 29.6 Å². The molecule has 6 nitrogen and oxygen atoms in total. The van der Waals surface area contributed by atoms with Gasteiger partial charge in [0.1, 0.15) is 12.3 Å². The zero-order chi connectivity index (χ0) is 19.4. The van der Waals surface area contributed by atoms with Gasteiger partial charge in [0.2, 0.25) is 0 Å². The highest BCUT2D eigenvalue weighted by atomic mass is 35.5. The summed E-state index contributed by atoms with van der Waals surface area (Å²) in [5.74, 6) is 0.554. The minimum atomic E-state index is -0.359. The van der Waals surface area contributed by atoms with Gasteiger partial charge >= 0.3 is 6.03 Å². The van der Waals surface area contributed by atoms with Crippen LogP contribution in [0.1, 0.15) is 37.7 Å². The van der Waals surface area contributed by atoms with E-state index in [2.05, 4.69) is 11.9 Å². The van der Waals surface area contributed by atoms with E-state index in [9.17, 15) is 9.59 Å². The molecule has 1 aromatic carbocycles. The summed E-state index contributed by atoms with van der Waals surface area (Å²) in [7, 11) is 1.51. The van der Waals surface area contributed by atoms with E-state index in [1.54, 1.807) is 24.3 Å². The Morgan fingerprint density at radius 1 is 1.30 bits per heavy atom. The first kappa shape index (κ1) is 19.3. The van der Waals surface area contributed by atoms with Crippen LogP contribution in [0.3, 0.4) is 0 Å². The van der Waals surface area contributed by atoms with E-state index in [0.717, 1.165) is 32.1 Å².